The molecule has 22 heavy (non-hydrogen) atoms. The van der Waals surface area contributed by atoms with Crippen LogP contribution in [0.3, 0.4) is 0 Å². The van der Waals surface area contributed by atoms with E-state index < -0.39 is 0 Å². The number of halogens is 2. The second kappa shape index (κ2) is 5.61. The van der Waals surface area contributed by atoms with Crippen LogP contribution in [0.4, 0.5) is 10.1 Å². The molecule has 0 spiro atoms. The molecular formula is C15H16ClFN4O. The fourth-order valence-electron chi connectivity index (χ4n) is 2.31. The summed E-state index contributed by atoms with van der Waals surface area (Å²) in [6, 6.07) is 3.04. The Morgan fingerprint density at radius 2 is 2.18 bits per heavy atom. The number of aromatic amines is 1. The predicted molar refractivity (Wildman–Crippen MR) is 86.3 cm³/mol. The Bertz CT molecular complexity index is 849. The number of hydrogen-bond donors (Lipinski definition) is 2. The summed E-state index contributed by atoms with van der Waals surface area (Å²) in [7, 11) is 1.73. The SMILES string of the molecule is CCC(C)Oc1nc(Cl)c2c(n1)[nH]c1c(NC)cc(F)cc12. The van der Waals surface area contributed by atoms with Crippen molar-refractivity contribution in [2.75, 3.05) is 12.4 Å². The van der Waals surface area contributed by atoms with Crippen LogP contribution in [0.1, 0.15) is 20.3 Å². The van der Waals surface area contributed by atoms with Crippen LogP contribution in [0.25, 0.3) is 21.9 Å². The zero-order chi connectivity index (χ0) is 15.9. The summed E-state index contributed by atoms with van der Waals surface area (Å²) in [6.07, 6.45) is 0.823. The fraction of sp³-hybridized carbons (Fsp3) is 0.333. The Morgan fingerprint density at radius 3 is 2.86 bits per heavy atom. The van der Waals surface area contributed by atoms with Crippen molar-refractivity contribution in [3.8, 4) is 6.01 Å². The average molecular weight is 323 g/mol. The number of H-pyrrole nitrogens is 1. The van der Waals surface area contributed by atoms with Crippen molar-refractivity contribution in [1.82, 2.24) is 15.0 Å². The fourth-order valence-corrected chi connectivity index (χ4v) is 2.58. The van der Waals surface area contributed by atoms with Gasteiger partial charge in [-0.25, -0.2) is 4.39 Å². The number of anilines is 1. The van der Waals surface area contributed by atoms with Crippen molar-refractivity contribution in [3.63, 3.8) is 0 Å². The Morgan fingerprint density at radius 1 is 1.41 bits per heavy atom. The summed E-state index contributed by atoms with van der Waals surface area (Å²) in [4.78, 5) is 11.7. The lowest BCUT2D eigenvalue weighted by atomic mass is 10.2. The summed E-state index contributed by atoms with van der Waals surface area (Å²) < 4.78 is 19.4. The van der Waals surface area contributed by atoms with Gasteiger partial charge in [0.25, 0.3) is 0 Å². The second-order valence-corrected chi connectivity index (χ2v) is 5.47. The Kier molecular flexibility index (Phi) is 3.78. The van der Waals surface area contributed by atoms with Gasteiger partial charge in [-0.3, -0.25) is 0 Å². The van der Waals surface area contributed by atoms with Gasteiger partial charge in [0, 0.05) is 12.4 Å². The molecule has 2 aromatic heterocycles. The molecular weight excluding hydrogens is 307 g/mol. The van der Waals surface area contributed by atoms with E-state index >= 15 is 0 Å². The summed E-state index contributed by atoms with van der Waals surface area (Å²) in [5.74, 6) is -0.353. The van der Waals surface area contributed by atoms with Crippen LogP contribution in [-0.4, -0.2) is 28.1 Å². The van der Waals surface area contributed by atoms with Gasteiger partial charge < -0.3 is 15.0 Å². The van der Waals surface area contributed by atoms with Crippen LogP contribution in [0.5, 0.6) is 6.01 Å². The molecule has 0 radical (unpaired) electrons. The summed E-state index contributed by atoms with van der Waals surface area (Å²) in [5.41, 5.74) is 1.89. The number of hydrogen-bond acceptors (Lipinski definition) is 4. The third kappa shape index (κ3) is 2.43. The van der Waals surface area contributed by atoms with Crippen LogP contribution < -0.4 is 10.1 Å². The van der Waals surface area contributed by atoms with Crippen molar-refractivity contribution >= 4 is 39.2 Å². The standard InChI is InChI=1S/C15H16ClFN4O/c1-4-7(2)22-15-20-13(16)11-9-5-8(17)6-10(18-3)12(9)19-14(11)21-15/h5-7,18H,4H2,1-3H3,(H,19,20,21). The highest BCUT2D eigenvalue weighted by Gasteiger charge is 2.17. The van der Waals surface area contributed by atoms with Crippen molar-refractivity contribution < 1.29 is 9.13 Å². The van der Waals surface area contributed by atoms with E-state index in [1.165, 1.54) is 12.1 Å². The van der Waals surface area contributed by atoms with Crippen LogP contribution in [0.15, 0.2) is 12.1 Å². The van der Waals surface area contributed by atoms with Gasteiger partial charge in [0.1, 0.15) is 16.6 Å². The van der Waals surface area contributed by atoms with Gasteiger partial charge in [-0.2, -0.15) is 9.97 Å². The third-order valence-corrected chi connectivity index (χ3v) is 3.88. The highest BCUT2D eigenvalue weighted by atomic mass is 35.5. The van der Waals surface area contributed by atoms with Gasteiger partial charge in [0.05, 0.1) is 22.7 Å². The third-order valence-electron chi connectivity index (χ3n) is 3.61. The quantitative estimate of drug-likeness (QED) is 0.709. The molecule has 0 fully saturated rings. The maximum absolute atomic E-state index is 13.8. The zero-order valence-electron chi connectivity index (χ0n) is 12.5. The number of nitrogens with zero attached hydrogens (tertiary/aromatic N) is 2. The highest BCUT2D eigenvalue weighted by molar-refractivity contribution is 6.36. The van der Waals surface area contributed by atoms with E-state index in [1.54, 1.807) is 7.05 Å². The number of rotatable bonds is 4. The molecule has 0 saturated carbocycles. The first-order valence-electron chi connectivity index (χ1n) is 7.06. The normalized spacial score (nSPS) is 12.8. The number of nitrogens with one attached hydrogen (secondary N) is 2. The molecule has 2 heterocycles. The van der Waals surface area contributed by atoms with E-state index in [4.69, 9.17) is 16.3 Å². The van der Waals surface area contributed by atoms with Gasteiger partial charge in [-0.15, -0.1) is 0 Å². The molecule has 1 aromatic carbocycles. The Hall–Kier alpha value is -2.08. The molecule has 1 unspecified atom stereocenters. The van der Waals surface area contributed by atoms with Crippen molar-refractivity contribution in [2.45, 2.75) is 26.4 Å². The summed E-state index contributed by atoms with van der Waals surface area (Å²) in [5, 5.41) is 4.42. The molecule has 0 aliphatic rings. The van der Waals surface area contributed by atoms with Gasteiger partial charge in [0.15, 0.2) is 0 Å². The van der Waals surface area contributed by atoms with Crippen LogP contribution in [0, 0.1) is 5.82 Å². The van der Waals surface area contributed by atoms with Crippen LogP contribution in [-0.2, 0) is 0 Å². The van der Waals surface area contributed by atoms with E-state index in [-0.39, 0.29) is 23.1 Å². The van der Waals surface area contributed by atoms with Crippen molar-refractivity contribution in [2.24, 2.45) is 0 Å². The van der Waals surface area contributed by atoms with E-state index in [1.807, 2.05) is 13.8 Å². The minimum atomic E-state index is -0.353. The minimum Gasteiger partial charge on any atom is -0.460 e. The molecule has 0 bridgehead atoms. The monoisotopic (exact) mass is 322 g/mol. The van der Waals surface area contributed by atoms with Gasteiger partial charge >= 0.3 is 6.01 Å². The maximum Gasteiger partial charge on any atom is 0.320 e. The van der Waals surface area contributed by atoms with Crippen LogP contribution in [0.2, 0.25) is 5.15 Å². The highest BCUT2D eigenvalue weighted by Crippen LogP contribution is 2.34. The largest absolute Gasteiger partial charge is 0.460 e. The topological polar surface area (TPSA) is 62.8 Å². The Balaban J connectivity index is 2.25. The maximum atomic E-state index is 13.8. The lowest BCUT2D eigenvalue weighted by Crippen LogP contribution is -2.12. The van der Waals surface area contributed by atoms with Gasteiger partial charge in [0.2, 0.25) is 0 Å². The average Bonchev–Trinajstić information content (AvgIpc) is 2.84. The molecule has 2 N–H and O–H groups in total. The molecule has 3 aromatic rings. The molecule has 3 rings (SSSR count). The first-order chi connectivity index (χ1) is 10.5. The summed E-state index contributed by atoms with van der Waals surface area (Å²) >= 11 is 6.26. The molecule has 7 heteroatoms. The van der Waals surface area contributed by atoms with E-state index in [2.05, 4.69) is 20.3 Å². The molecule has 0 aliphatic carbocycles. The van der Waals surface area contributed by atoms with Crippen molar-refractivity contribution in [3.05, 3.63) is 23.1 Å². The molecule has 116 valence electrons. The number of ether oxygens (including phenoxy) is 1. The molecule has 0 saturated heterocycles. The lowest BCUT2D eigenvalue weighted by molar-refractivity contribution is 0.200. The van der Waals surface area contributed by atoms with Gasteiger partial charge in [-0.05, 0) is 25.5 Å². The first kappa shape index (κ1) is 14.8. The van der Waals surface area contributed by atoms with E-state index in [0.29, 0.717) is 22.1 Å². The first-order valence-corrected chi connectivity index (χ1v) is 7.44. The van der Waals surface area contributed by atoms with E-state index in [9.17, 15) is 4.39 Å². The minimum absolute atomic E-state index is 0.0109. The van der Waals surface area contributed by atoms with Crippen molar-refractivity contribution in [1.29, 1.82) is 0 Å². The molecule has 1 atom stereocenters. The number of benzene rings is 1. The molecule has 0 amide bonds. The zero-order valence-corrected chi connectivity index (χ0v) is 13.3. The number of fused-ring (bicyclic) bond motifs is 3. The summed E-state index contributed by atoms with van der Waals surface area (Å²) in [6.45, 7) is 3.94. The van der Waals surface area contributed by atoms with Gasteiger partial charge in [-0.1, -0.05) is 18.5 Å². The Labute approximate surface area is 131 Å². The lowest BCUT2D eigenvalue weighted by Gasteiger charge is -2.10. The van der Waals surface area contributed by atoms with Crippen LogP contribution >= 0.6 is 11.6 Å². The molecule has 0 aliphatic heterocycles. The van der Waals surface area contributed by atoms with E-state index in [0.717, 1.165) is 11.9 Å². The predicted octanol–water partition coefficient (Wildman–Crippen LogP) is 4.12. The smallest absolute Gasteiger partial charge is 0.320 e. The second-order valence-electron chi connectivity index (χ2n) is 5.11. The molecule has 5 nitrogen and oxygen atoms in total. The number of aromatic nitrogens is 3.